The lowest BCUT2D eigenvalue weighted by Crippen LogP contribution is -3.13. The number of aromatic nitrogens is 5. The van der Waals surface area contributed by atoms with Gasteiger partial charge in [-0.1, -0.05) is 30.3 Å². The van der Waals surface area contributed by atoms with Gasteiger partial charge in [0.05, 0.1) is 32.7 Å². The van der Waals surface area contributed by atoms with E-state index in [1.807, 2.05) is 35.7 Å². The van der Waals surface area contributed by atoms with E-state index in [1.54, 1.807) is 7.05 Å². The summed E-state index contributed by atoms with van der Waals surface area (Å²) in [7, 11) is 1.70. The van der Waals surface area contributed by atoms with E-state index >= 15 is 0 Å². The molecule has 0 atom stereocenters. The number of piperidine rings is 1. The Labute approximate surface area is 180 Å². The van der Waals surface area contributed by atoms with Crippen molar-refractivity contribution in [3.05, 3.63) is 68.6 Å². The smallest absolute Gasteiger partial charge is 0.332 e. The van der Waals surface area contributed by atoms with Gasteiger partial charge >= 0.3 is 5.69 Å². The summed E-state index contributed by atoms with van der Waals surface area (Å²) in [4.78, 5) is 32.6. The Morgan fingerprint density at radius 3 is 2.52 bits per heavy atom. The van der Waals surface area contributed by atoms with Crippen molar-refractivity contribution in [1.82, 2.24) is 23.1 Å². The summed E-state index contributed by atoms with van der Waals surface area (Å²) in [5, 5.41) is 0. The maximum atomic E-state index is 13.4. The lowest BCUT2D eigenvalue weighted by molar-refractivity contribution is -0.905. The van der Waals surface area contributed by atoms with Crippen LogP contribution in [-0.4, -0.2) is 42.7 Å². The fourth-order valence-corrected chi connectivity index (χ4v) is 4.79. The second-order valence-corrected chi connectivity index (χ2v) is 8.66. The lowest BCUT2D eigenvalue weighted by Gasteiger charge is -2.23. The molecule has 8 nitrogen and oxygen atoms in total. The molecule has 1 aliphatic rings. The molecular weight excluding hydrogens is 392 g/mol. The Morgan fingerprint density at radius 1 is 1.03 bits per heavy atom. The number of hydrogen-bond acceptors (Lipinski definition) is 3. The molecule has 0 unspecified atom stereocenters. The first-order chi connectivity index (χ1) is 15.0. The van der Waals surface area contributed by atoms with Gasteiger partial charge in [-0.2, -0.15) is 4.98 Å². The molecule has 1 fully saturated rings. The standard InChI is InChI=1S/C23H28N6O2/c1-17-15-29-19-20(24-22(29)28(17)16-18-9-5-3-6-10-18)25(2)23(31)27(21(19)30)14-13-26-11-7-4-8-12-26/h3,5-6,9-10,15H,4,7-8,11-14,16H2,1-2H3/p+1. The third kappa shape index (κ3) is 3.40. The van der Waals surface area contributed by atoms with E-state index in [0.717, 1.165) is 30.9 Å². The Hall–Kier alpha value is -3.13. The third-order valence-electron chi connectivity index (χ3n) is 6.57. The second kappa shape index (κ2) is 7.85. The molecule has 0 aliphatic carbocycles. The molecular formula is C23H29N6O2+. The van der Waals surface area contributed by atoms with Crippen molar-refractivity contribution in [1.29, 1.82) is 0 Å². The van der Waals surface area contributed by atoms with Crippen LogP contribution in [0.2, 0.25) is 0 Å². The summed E-state index contributed by atoms with van der Waals surface area (Å²) in [6, 6.07) is 10.2. The molecule has 0 bridgehead atoms. The SMILES string of the molecule is Cc1cn2c3c(=O)n(CC[NH+]4CCCCC4)c(=O)n(C)c3nc2n1Cc1ccccc1. The van der Waals surface area contributed by atoms with Crippen LogP contribution in [-0.2, 0) is 20.1 Å². The lowest BCUT2D eigenvalue weighted by atomic mass is 10.1. The van der Waals surface area contributed by atoms with E-state index in [9.17, 15) is 9.59 Å². The molecule has 0 spiro atoms. The number of imidazole rings is 2. The molecule has 0 amide bonds. The van der Waals surface area contributed by atoms with Crippen LogP contribution in [0.15, 0.2) is 46.1 Å². The zero-order chi connectivity index (χ0) is 21.5. The van der Waals surface area contributed by atoms with Crippen LogP contribution in [0.5, 0.6) is 0 Å². The number of benzene rings is 1. The maximum Gasteiger partial charge on any atom is 0.332 e. The fraction of sp³-hybridized carbons (Fsp3) is 0.435. The minimum Gasteiger partial charge on any atom is -0.333 e. The molecule has 1 saturated heterocycles. The molecule has 162 valence electrons. The van der Waals surface area contributed by atoms with Gasteiger partial charge in [0.2, 0.25) is 5.78 Å². The normalized spacial score (nSPS) is 15.3. The van der Waals surface area contributed by atoms with Crippen molar-refractivity contribution >= 4 is 16.9 Å². The van der Waals surface area contributed by atoms with Gasteiger partial charge < -0.3 is 9.47 Å². The van der Waals surface area contributed by atoms with Gasteiger partial charge in [-0.25, -0.2) is 4.79 Å². The predicted octanol–water partition coefficient (Wildman–Crippen LogP) is 0.575. The molecule has 5 rings (SSSR count). The number of hydrogen-bond donors (Lipinski definition) is 1. The van der Waals surface area contributed by atoms with Gasteiger partial charge in [-0.3, -0.25) is 18.3 Å². The summed E-state index contributed by atoms with van der Waals surface area (Å²) in [6.07, 6.45) is 5.67. The molecule has 3 aromatic heterocycles. The zero-order valence-electron chi connectivity index (χ0n) is 18.2. The van der Waals surface area contributed by atoms with Crippen LogP contribution < -0.4 is 16.1 Å². The fourth-order valence-electron chi connectivity index (χ4n) is 4.79. The highest BCUT2D eigenvalue weighted by atomic mass is 16.2. The average Bonchev–Trinajstić information content (AvgIpc) is 3.29. The highest BCUT2D eigenvalue weighted by molar-refractivity contribution is 5.75. The third-order valence-corrected chi connectivity index (χ3v) is 6.57. The van der Waals surface area contributed by atoms with Crippen LogP contribution in [0.1, 0.15) is 30.5 Å². The Balaban J connectivity index is 1.60. The first-order valence-electron chi connectivity index (χ1n) is 11.1. The highest BCUT2D eigenvalue weighted by Crippen LogP contribution is 2.17. The summed E-state index contributed by atoms with van der Waals surface area (Å²) < 4.78 is 6.83. The molecule has 4 aromatic rings. The maximum absolute atomic E-state index is 13.4. The van der Waals surface area contributed by atoms with Gasteiger partial charge in [0.15, 0.2) is 11.2 Å². The molecule has 8 heteroatoms. The van der Waals surface area contributed by atoms with Crippen LogP contribution in [0.3, 0.4) is 0 Å². The number of nitrogens with one attached hydrogen (secondary N) is 1. The molecule has 0 saturated carbocycles. The summed E-state index contributed by atoms with van der Waals surface area (Å²) in [5.74, 6) is 0.683. The van der Waals surface area contributed by atoms with Crippen LogP contribution in [0.25, 0.3) is 16.9 Å². The first-order valence-corrected chi connectivity index (χ1v) is 11.1. The largest absolute Gasteiger partial charge is 0.333 e. The van der Waals surface area contributed by atoms with E-state index in [1.165, 1.54) is 33.3 Å². The predicted molar refractivity (Wildman–Crippen MR) is 120 cm³/mol. The summed E-state index contributed by atoms with van der Waals surface area (Å²) >= 11 is 0. The number of nitrogens with zero attached hydrogens (tertiary/aromatic N) is 5. The summed E-state index contributed by atoms with van der Waals surface area (Å²) in [5.41, 5.74) is 2.55. The van der Waals surface area contributed by atoms with Gasteiger partial charge in [0.1, 0.15) is 0 Å². The van der Waals surface area contributed by atoms with E-state index in [4.69, 9.17) is 4.98 Å². The number of likely N-dealkylation sites (tertiary alicyclic amines) is 1. The van der Waals surface area contributed by atoms with Crippen LogP contribution in [0.4, 0.5) is 0 Å². The van der Waals surface area contributed by atoms with E-state index < -0.39 is 0 Å². The second-order valence-electron chi connectivity index (χ2n) is 8.66. The van der Waals surface area contributed by atoms with Gasteiger partial charge in [-0.15, -0.1) is 0 Å². The minimum atomic E-state index is -0.291. The molecule has 1 N–H and O–H groups in total. The summed E-state index contributed by atoms with van der Waals surface area (Å²) in [6.45, 7) is 6.16. The number of aryl methyl sites for hydroxylation is 2. The van der Waals surface area contributed by atoms with Gasteiger partial charge in [0, 0.05) is 18.9 Å². The van der Waals surface area contributed by atoms with Crippen molar-refractivity contribution in [2.75, 3.05) is 19.6 Å². The van der Waals surface area contributed by atoms with Crippen molar-refractivity contribution < 1.29 is 4.90 Å². The molecule has 4 heterocycles. The van der Waals surface area contributed by atoms with E-state index in [0.29, 0.717) is 30.0 Å². The number of rotatable bonds is 5. The molecule has 0 radical (unpaired) electrons. The highest BCUT2D eigenvalue weighted by Gasteiger charge is 2.21. The Bertz CT molecular complexity index is 1350. The van der Waals surface area contributed by atoms with Crippen molar-refractivity contribution in [3.8, 4) is 0 Å². The van der Waals surface area contributed by atoms with Crippen molar-refractivity contribution in [2.45, 2.75) is 39.3 Å². The minimum absolute atomic E-state index is 0.251. The Kier molecular flexibility index (Phi) is 5.02. The number of quaternary nitrogens is 1. The van der Waals surface area contributed by atoms with Crippen molar-refractivity contribution in [3.63, 3.8) is 0 Å². The Morgan fingerprint density at radius 2 is 1.77 bits per heavy atom. The van der Waals surface area contributed by atoms with Gasteiger partial charge in [-0.05, 0) is 31.7 Å². The van der Waals surface area contributed by atoms with E-state index in [-0.39, 0.29) is 11.2 Å². The van der Waals surface area contributed by atoms with E-state index in [2.05, 4.69) is 16.7 Å². The molecule has 1 aromatic carbocycles. The van der Waals surface area contributed by atoms with Gasteiger partial charge in [0.25, 0.3) is 5.56 Å². The first kappa shape index (κ1) is 19.8. The quantitative estimate of drug-likeness (QED) is 0.512. The monoisotopic (exact) mass is 421 g/mol. The van der Waals surface area contributed by atoms with Crippen LogP contribution in [0, 0.1) is 6.92 Å². The molecule has 1 aliphatic heterocycles. The average molecular weight is 422 g/mol. The zero-order valence-corrected chi connectivity index (χ0v) is 18.2. The molecule has 31 heavy (non-hydrogen) atoms. The topological polar surface area (TPSA) is 70.7 Å². The van der Waals surface area contributed by atoms with Crippen LogP contribution >= 0.6 is 0 Å². The number of fused-ring (bicyclic) bond motifs is 3. The van der Waals surface area contributed by atoms with Crippen molar-refractivity contribution in [2.24, 2.45) is 7.05 Å².